The van der Waals surface area contributed by atoms with Crippen LogP contribution in [-0.4, -0.2) is 16.3 Å². The zero-order valence-corrected chi connectivity index (χ0v) is 13.0. The molecule has 0 fully saturated rings. The molecule has 0 aliphatic heterocycles. The van der Waals surface area contributed by atoms with E-state index in [1.165, 1.54) is 16.8 Å². The number of aryl methyl sites for hydroxylation is 1. The van der Waals surface area contributed by atoms with Crippen LogP contribution in [0.15, 0.2) is 23.0 Å². The summed E-state index contributed by atoms with van der Waals surface area (Å²) >= 11 is 1.76. The van der Waals surface area contributed by atoms with Gasteiger partial charge in [0.25, 0.3) is 0 Å². The molecule has 0 bridgehead atoms. The van der Waals surface area contributed by atoms with E-state index in [0.717, 1.165) is 19.5 Å². The van der Waals surface area contributed by atoms with Gasteiger partial charge in [0.15, 0.2) is 0 Å². The van der Waals surface area contributed by atoms with Crippen molar-refractivity contribution < 1.29 is 0 Å². The molecule has 0 saturated heterocycles. The van der Waals surface area contributed by atoms with E-state index in [1.807, 2.05) is 11.7 Å². The lowest BCUT2D eigenvalue weighted by Gasteiger charge is -2.17. The predicted octanol–water partition coefficient (Wildman–Crippen LogP) is 3.11. The molecule has 2 aromatic rings. The first-order chi connectivity index (χ1) is 8.97. The molecule has 0 aliphatic carbocycles. The van der Waals surface area contributed by atoms with Crippen molar-refractivity contribution >= 4 is 11.3 Å². The normalized spacial score (nSPS) is 12.0. The Morgan fingerprint density at radius 3 is 2.79 bits per heavy atom. The maximum absolute atomic E-state index is 4.59. The van der Waals surface area contributed by atoms with Crippen LogP contribution in [0.2, 0.25) is 0 Å². The highest BCUT2D eigenvalue weighted by atomic mass is 32.1. The van der Waals surface area contributed by atoms with Crippen LogP contribution in [0.5, 0.6) is 0 Å². The lowest BCUT2D eigenvalue weighted by Crippen LogP contribution is -2.20. The van der Waals surface area contributed by atoms with Crippen LogP contribution in [0.4, 0.5) is 0 Å². The molecule has 0 aliphatic rings. The molecule has 19 heavy (non-hydrogen) atoms. The molecule has 3 nitrogen and oxygen atoms in total. The average Bonchev–Trinajstić information content (AvgIpc) is 2.93. The van der Waals surface area contributed by atoms with Gasteiger partial charge in [-0.05, 0) is 35.4 Å². The molecule has 2 heterocycles. The fourth-order valence-corrected chi connectivity index (χ4v) is 2.89. The minimum Gasteiger partial charge on any atom is -0.312 e. The zero-order chi connectivity index (χ0) is 13.9. The van der Waals surface area contributed by atoms with Gasteiger partial charge in [-0.25, -0.2) is 0 Å². The first kappa shape index (κ1) is 14.3. The van der Waals surface area contributed by atoms with Gasteiger partial charge in [0.2, 0.25) is 0 Å². The predicted molar refractivity (Wildman–Crippen MR) is 81.6 cm³/mol. The van der Waals surface area contributed by atoms with Crippen LogP contribution in [-0.2, 0) is 25.4 Å². The molecular formula is C15H23N3S. The summed E-state index contributed by atoms with van der Waals surface area (Å²) in [4.78, 5) is 0. The third kappa shape index (κ3) is 3.91. The Bertz CT molecular complexity index is 506. The van der Waals surface area contributed by atoms with Gasteiger partial charge in [-0.1, -0.05) is 20.8 Å². The second-order valence-corrected chi connectivity index (χ2v) is 6.77. The van der Waals surface area contributed by atoms with Crippen LogP contribution in [0, 0.1) is 0 Å². The molecule has 0 aromatic carbocycles. The molecule has 0 radical (unpaired) electrons. The van der Waals surface area contributed by atoms with Crippen LogP contribution in [0.1, 0.15) is 37.6 Å². The molecule has 4 heteroatoms. The standard InChI is InChI=1S/C15H23N3S/c1-15(2,3)14-13(10-18(4)17-14)9-16-7-5-12-6-8-19-11-12/h6,8,10-11,16H,5,7,9H2,1-4H3. The molecule has 104 valence electrons. The molecular weight excluding hydrogens is 254 g/mol. The summed E-state index contributed by atoms with van der Waals surface area (Å²) in [5.74, 6) is 0. The highest BCUT2D eigenvalue weighted by molar-refractivity contribution is 7.07. The zero-order valence-electron chi connectivity index (χ0n) is 12.2. The first-order valence-corrected chi connectivity index (χ1v) is 7.66. The van der Waals surface area contributed by atoms with Gasteiger partial charge < -0.3 is 5.32 Å². The van der Waals surface area contributed by atoms with Crippen molar-refractivity contribution in [2.75, 3.05) is 6.54 Å². The van der Waals surface area contributed by atoms with Crippen molar-refractivity contribution in [2.45, 2.75) is 39.2 Å². The van der Waals surface area contributed by atoms with Gasteiger partial charge in [-0.3, -0.25) is 4.68 Å². The fraction of sp³-hybridized carbons (Fsp3) is 0.533. The number of nitrogens with one attached hydrogen (secondary N) is 1. The maximum Gasteiger partial charge on any atom is 0.0722 e. The Kier molecular flexibility index (Phi) is 4.42. The summed E-state index contributed by atoms with van der Waals surface area (Å²) < 4.78 is 1.91. The Hall–Kier alpha value is -1.13. The van der Waals surface area contributed by atoms with Gasteiger partial charge in [0.1, 0.15) is 0 Å². The molecule has 0 spiro atoms. The topological polar surface area (TPSA) is 29.9 Å². The van der Waals surface area contributed by atoms with Crippen molar-refractivity contribution in [3.05, 3.63) is 39.8 Å². The van der Waals surface area contributed by atoms with E-state index in [0.29, 0.717) is 0 Å². The number of hydrogen-bond donors (Lipinski definition) is 1. The second-order valence-electron chi connectivity index (χ2n) is 5.98. The minimum absolute atomic E-state index is 0.103. The molecule has 0 saturated carbocycles. The smallest absolute Gasteiger partial charge is 0.0722 e. The van der Waals surface area contributed by atoms with E-state index in [4.69, 9.17) is 0 Å². The van der Waals surface area contributed by atoms with Crippen LogP contribution < -0.4 is 5.32 Å². The van der Waals surface area contributed by atoms with E-state index >= 15 is 0 Å². The van der Waals surface area contributed by atoms with Crippen molar-refractivity contribution in [3.8, 4) is 0 Å². The summed E-state index contributed by atoms with van der Waals surface area (Å²) in [7, 11) is 1.99. The lowest BCUT2D eigenvalue weighted by molar-refractivity contribution is 0.543. The van der Waals surface area contributed by atoms with Crippen LogP contribution in [0.25, 0.3) is 0 Å². The van der Waals surface area contributed by atoms with Crippen molar-refractivity contribution in [1.29, 1.82) is 0 Å². The van der Waals surface area contributed by atoms with Gasteiger partial charge in [-0.15, -0.1) is 0 Å². The molecule has 0 amide bonds. The molecule has 0 atom stereocenters. The van der Waals surface area contributed by atoms with E-state index in [9.17, 15) is 0 Å². The summed E-state index contributed by atoms with van der Waals surface area (Å²) in [6.07, 6.45) is 3.22. The lowest BCUT2D eigenvalue weighted by atomic mass is 9.89. The SMILES string of the molecule is Cn1cc(CNCCc2ccsc2)c(C(C)(C)C)n1. The van der Waals surface area contributed by atoms with Crippen LogP contribution >= 0.6 is 11.3 Å². The monoisotopic (exact) mass is 277 g/mol. The Labute approximate surface area is 119 Å². The second kappa shape index (κ2) is 5.88. The van der Waals surface area contributed by atoms with Crippen molar-refractivity contribution in [3.63, 3.8) is 0 Å². The van der Waals surface area contributed by atoms with E-state index < -0.39 is 0 Å². The summed E-state index contributed by atoms with van der Waals surface area (Å²) in [6.45, 7) is 8.54. The highest BCUT2D eigenvalue weighted by Crippen LogP contribution is 2.23. The van der Waals surface area contributed by atoms with Gasteiger partial charge in [0.05, 0.1) is 5.69 Å². The third-order valence-electron chi connectivity index (χ3n) is 3.10. The Morgan fingerprint density at radius 1 is 1.37 bits per heavy atom. The summed E-state index contributed by atoms with van der Waals surface area (Å²) in [5.41, 5.74) is 4.02. The average molecular weight is 277 g/mol. The maximum atomic E-state index is 4.59. The molecule has 1 N–H and O–H groups in total. The Balaban J connectivity index is 1.89. The Morgan fingerprint density at radius 2 is 2.16 bits per heavy atom. The summed E-state index contributed by atoms with van der Waals surface area (Å²) in [6, 6.07) is 2.19. The number of thiophene rings is 1. The van der Waals surface area contributed by atoms with E-state index in [2.05, 4.69) is 54.2 Å². The number of hydrogen-bond acceptors (Lipinski definition) is 3. The first-order valence-electron chi connectivity index (χ1n) is 6.71. The van der Waals surface area contributed by atoms with Gasteiger partial charge in [0, 0.05) is 30.8 Å². The minimum atomic E-state index is 0.103. The molecule has 2 rings (SSSR count). The summed E-state index contributed by atoms with van der Waals surface area (Å²) in [5, 5.41) is 12.5. The fourth-order valence-electron chi connectivity index (χ4n) is 2.19. The van der Waals surface area contributed by atoms with Crippen molar-refractivity contribution in [2.24, 2.45) is 7.05 Å². The highest BCUT2D eigenvalue weighted by Gasteiger charge is 2.21. The number of rotatable bonds is 5. The van der Waals surface area contributed by atoms with Crippen LogP contribution in [0.3, 0.4) is 0 Å². The number of aromatic nitrogens is 2. The largest absolute Gasteiger partial charge is 0.312 e. The molecule has 2 aromatic heterocycles. The third-order valence-corrected chi connectivity index (χ3v) is 3.83. The number of nitrogens with zero attached hydrogens (tertiary/aromatic N) is 2. The van der Waals surface area contributed by atoms with Gasteiger partial charge in [-0.2, -0.15) is 16.4 Å². The van der Waals surface area contributed by atoms with E-state index in [1.54, 1.807) is 11.3 Å². The van der Waals surface area contributed by atoms with Gasteiger partial charge >= 0.3 is 0 Å². The molecule has 0 unspecified atom stereocenters. The van der Waals surface area contributed by atoms with E-state index in [-0.39, 0.29) is 5.41 Å². The quantitative estimate of drug-likeness (QED) is 0.851. The van der Waals surface area contributed by atoms with Crippen molar-refractivity contribution in [1.82, 2.24) is 15.1 Å².